The summed E-state index contributed by atoms with van der Waals surface area (Å²) in [7, 11) is 0. The third kappa shape index (κ3) is 3.18. The van der Waals surface area contributed by atoms with Gasteiger partial charge < -0.3 is 10.1 Å². The molecule has 108 valence electrons. The number of hydrogen-bond donors (Lipinski definition) is 1. The van der Waals surface area contributed by atoms with Crippen LogP contribution in [0.2, 0.25) is 0 Å². The summed E-state index contributed by atoms with van der Waals surface area (Å²) in [6.45, 7) is 12.8. The fourth-order valence-electron chi connectivity index (χ4n) is 2.73. The minimum absolute atomic E-state index is 0.0670. The molecule has 1 aliphatic rings. The topological polar surface area (TPSA) is 34.2 Å². The van der Waals surface area contributed by atoms with Crippen molar-refractivity contribution >= 4 is 11.3 Å². The molecular formula is C15H26N2OS. The molecule has 1 aliphatic heterocycles. The van der Waals surface area contributed by atoms with Gasteiger partial charge in [-0.25, -0.2) is 4.98 Å². The van der Waals surface area contributed by atoms with E-state index < -0.39 is 0 Å². The van der Waals surface area contributed by atoms with Gasteiger partial charge in [0, 0.05) is 23.9 Å². The Hall–Kier alpha value is -0.450. The van der Waals surface area contributed by atoms with Crippen LogP contribution in [0.25, 0.3) is 0 Å². The first kappa shape index (κ1) is 14.9. The second-order valence-electron chi connectivity index (χ2n) is 6.29. The van der Waals surface area contributed by atoms with Crippen LogP contribution < -0.4 is 5.32 Å². The molecule has 1 fully saturated rings. The van der Waals surface area contributed by atoms with Gasteiger partial charge in [0.1, 0.15) is 5.01 Å². The molecule has 19 heavy (non-hydrogen) atoms. The van der Waals surface area contributed by atoms with Crippen LogP contribution in [-0.4, -0.2) is 24.2 Å². The normalized spacial score (nSPS) is 23.2. The summed E-state index contributed by atoms with van der Waals surface area (Å²) in [6.07, 6.45) is 1.12. The van der Waals surface area contributed by atoms with E-state index in [0.717, 1.165) is 19.6 Å². The molecule has 4 heteroatoms. The van der Waals surface area contributed by atoms with Crippen molar-refractivity contribution in [2.45, 2.75) is 58.5 Å². The van der Waals surface area contributed by atoms with E-state index >= 15 is 0 Å². The molecule has 0 spiro atoms. The highest BCUT2D eigenvalue weighted by atomic mass is 32.1. The maximum atomic E-state index is 5.60. The van der Waals surface area contributed by atoms with Gasteiger partial charge in [-0.05, 0) is 33.1 Å². The van der Waals surface area contributed by atoms with Crippen molar-refractivity contribution in [1.82, 2.24) is 10.3 Å². The Morgan fingerprint density at radius 3 is 2.63 bits per heavy atom. The molecule has 2 heterocycles. The largest absolute Gasteiger partial charge is 0.381 e. The van der Waals surface area contributed by atoms with Crippen molar-refractivity contribution in [1.29, 1.82) is 0 Å². The van der Waals surface area contributed by atoms with Crippen LogP contribution in [0.3, 0.4) is 0 Å². The van der Waals surface area contributed by atoms with Crippen molar-refractivity contribution in [3.63, 3.8) is 0 Å². The SMILES string of the molecule is CC(C)NC(C)(c1nc(C(C)C)cs1)C1CCOC1. The first-order valence-corrected chi connectivity index (χ1v) is 8.12. The molecule has 0 saturated carbocycles. The van der Waals surface area contributed by atoms with Gasteiger partial charge in [-0.15, -0.1) is 11.3 Å². The van der Waals surface area contributed by atoms with Crippen LogP contribution in [0.5, 0.6) is 0 Å². The second kappa shape index (κ2) is 5.90. The molecule has 3 nitrogen and oxygen atoms in total. The highest BCUT2D eigenvalue weighted by molar-refractivity contribution is 7.09. The number of nitrogens with one attached hydrogen (secondary N) is 1. The summed E-state index contributed by atoms with van der Waals surface area (Å²) < 4.78 is 5.60. The Bertz CT molecular complexity index is 410. The Labute approximate surface area is 120 Å². The van der Waals surface area contributed by atoms with Gasteiger partial charge >= 0.3 is 0 Å². The van der Waals surface area contributed by atoms with Gasteiger partial charge in [0.15, 0.2) is 0 Å². The summed E-state index contributed by atoms with van der Waals surface area (Å²) in [4.78, 5) is 4.88. The number of thiazole rings is 1. The van der Waals surface area contributed by atoms with Crippen LogP contribution in [0.15, 0.2) is 5.38 Å². The van der Waals surface area contributed by atoms with Crippen molar-refractivity contribution in [3.05, 3.63) is 16.1 Å². The zero-order valence-electron chi connectivity index (χ0n) is 12.7. The van der Waals surface area contributed by atoms with Crippen molar-refractivity contribution in [3.8, 4) is 0 Å². The number of nitrogens with zero attached hydrogens (tertiary/aromatic N) is 1. The molecule has 0 aliphatic carbocycles. The highest BCUT2D eigenvalue weighted by Gasteiger charge is 2.40. The molecule has 1 N–H and O–H groups in total. The summed E-state index contributed by atoms with van der Waals surface area (Å²) in [5, 5.41) is 7.15. The summed E-state index contributed by atoms with van der Waals surface area (Å²) in [5.41, 5.74) is 1.14. The predicted octanol–water partition coefficient (Wildman–Crippen LogP) is 3.52. The molecule has 1 aromatic heterocycles. The third-order valence-electron chi connectivity index (χ3n) is 3.89. The summed E-state index contributed by atoms with van der Waals surface area (Å²) in [5.74, 6) is 1.01. The lowest BCUT2D eigenvalue weighted by Gasteiger charge is -2.36. The molecule has 1 saturated heterocycles. The van der Waals surface area contributed by atoms with Crippen LogP contribution in [-0.2, 0) is 10.3 Å². The predicted molar refractivity (Wildman–Crippen MR) is 80.8 cm³/mol. The number of aromatic nitrogens is 1. The van der Waals surface area contributed by atoms with Crippen molar-refractivity contribution in [2.24, 2.45) is 5.92 Å². The van der Waals surface area contributed by atoms with E-state index in [9.17, 15) is 0 Å². The zero-order chi connectivity index (χ0) is 14.0. The molecule has 1 aromatic rings. The first-order valence-electron chi connectivity index (χ1n) is 7.24. The van der Waals surface area contributed by atoms with E-state index in [4.69, 9.17) is 9.72 Å². The van der Waals surface area contributed by atoms with Gasteiger partial charge in [0.2, 0.25) is 0 Å². The van der Waals surface area contributed by atoms with Gasteiger partial charge in [0.05, 0.1) is 17.8 Å². The lowest BCUT2D eigenvalue weighted by molar-refractivity contribution is 0.147. The van der Waals surface area contributed by atoms with E-state index in [1.807, 2.05) is 0 Å². The Morgan fingerprint density at radius 1 is 1.42 bits per heavy atom. The third-order valence-corrected chi connectivity index (χ3v) is 4.99. The maximum Gasteiger partial charge on any atom is 0.113 e. The summed E-state index contributed by atoms with van der Waals surface area (Å²) in [6, 6.07) is 0.442. The maximum absolute atomic E-state index is 5.60. The van der Waals surface area contributed by atoms with E-state index in [1.165, 1.54) is 10.7 Å². The molecule has 2 unspecified atom stereocenters. The van der Waals surface area contributed by atoms with E-state index in [1.54, 1.807) is 11.3 Å². The number of hydrogen-bond acceptors (Lipinski definition) is 4. The number of ether oxygens (including phenoxy) is 1. The van der Waals surface area contributed by atoms with Gasteiger partial charge in [-0.2, -0.15) is 0 Å². The molecule has 0 radical (unpaired) electrons. The highest BCUT2D eigenvalue weighted by Crippen LogP contribution is 2.37. The Morgan fingerprint density at radius 2 is 2.16 bits per heavy atom. The average Bonchev–Trinajstić information content (AvgIpc) is 3.00. The van der Waals surface area contributed by atoms with E-state index in [2.05, 4.69) is 45.3 Å². The Kier molecular flexibility index (Phi) is 4.64. The minimum atomic E-state index is -0.0670. The fourth-order valence-corrected chi connectivity index (χ4v) is 3.92. The monoisotopic (exact) mass is 282 g/mol. The van der Waals surface area contributed by atoms with Gasteiger partial charge in [0.25, 0.3) is 0 Å². The Balaban J connectivity index is 2.29. The lowest BCUT2D eigenvalue weighted by atomic mass is 9.84. The smallest absolute Gasteiger partial charge is 0.113 e. The minimum Gasteiger partial charge on any atom is -0.381 e. The molecule has 0 amide bonds. The van der Waals surface area contributed by atoms with Crippen molar-refractivity contribution < 1.29 is 4.74 Å². The molecular weight excluding hydrogens is 256 g/mol. The fraction of sp³-hybridized carbons (Fsp3) is 0.800. The van der Waals surface area contributed by atoms with Crippen molar-refractivity contribution in [2.75, 3.05) is 13.2 Å². The molecule has 0 aromatic carbocycles. The zero-order valence-corrected chi connectivity index (χ0v) is 13.5. The van der Waals surface area contributed by atoms with E-state index in [0.29, 0.717) is 17.9 Å². The van der Waals surface area contributed by atoms with Crippen LogP contribution in [0.1, 0.15) is 57.7 Å². The second-order valence-corrected chi connectivity index (χ2v) is 7.15. The van der Waals surface area contributed by atoms with Gasteiger partial charge in [-0.3, -0.25) is 0 Å². The van der Waals surface area contributed by atoms with Crippen LogP contribution >= 0.6 is 11.3 Å². The van der Waals surface area contributed by atoms with E-state index in [-0.39, 0.29) is 5.54 Å². The molecule has 2 rings (SSSR count). The van der Waals surface area contributed by atoms with Crippen LogP contribution in [0, 0.1) is 5.92 Å². The molecule has 0 bridgehead atoms. The van der Waals surface area contributed by atoms with Crippen LogP contribution in [0.4, 0.5) is 0 Å². The summed E-state index contributed by atoms with van der Waals surface area (Å²) >= 11 is 1.78. The number of rotatable bonds is 5. The average molecular weight is 282 g/mol. The first-order chi connectivity index (χ1) is 8.93. The molecule has 2 atom stereocenters. The standard InChI is InChI=1S/C15H26N2OS/c1-10(2)13-9-19-14(16-13)15(5,17-11(3)4)12-6-7-18-8-12/h9-12,17H,6-8H2,1-5H3. The quantitative estimate of drug-likeness (QED) is 0.897. The lowest BCUT2D eigenvalue weighted by Crippen LogP contribution is -2.49. The van der Waals surface area contributed by atoms with Gasteiger partial charge in [-0.1, -0.05) is 13.8 Å².